The molecule has 1 atom stereocenters. The minimum absolute atomic E-state index is 0.474. The van der Waals surface area contributed by atoms with Crippen molar-refractivity contribution in [3.8, 4) is 0 Å². The zero-order valence-corrected chi connectivity index (χ0v) is 13.3. The lowest BCUT2D eigenvalue weighted by atomic mass is 9.93. The van der Waals surface area contributed by atoms with Crippen LogP contribution in [-0.4, -0.2) is 35.3 Å². The summed E-state index contributed by atoms with van der Waals surface area (Å²) < 4.78 is 0. The van der Waals surface area contributed by atoms with Crippen LogP contribution in [0.3, 0.4) is 0 Å². The standard InChI is InChI=1S/C17H27NOS/c1-2-6-16(15-7-4-3-5-8-15)13-18-14-17(19)9-11-20-12-10-17/h3-5,7-8,16,18-19H,2,6,9-14H2,1H3. The van der Waals surface area contributed by atoms with Crippen molar-refractivity contribution in [2.24, 2.45) is 0 Å². The molecule has 2 N–H and O–H groups in total. The van der Waals surface area contributed by atoms with E-state index in [9.17, 15) is 5.11 Å². The zero-order valence-electron chi connectivity index (χ0n) is 12.5. The summed E-state index contributed by atoms with van der Waals surface area (Å²) in [6, 6.07) is 10.7. The summed E-state index contributed by atoms with van der Waals surface area (Å²) in [5, 5.41) is 14.0. The first-order valence-electron chi connectivity index (χ1n) is 7.79. The van der Waals surface area contributed by atoms with Crippen molar-refractivity contribution >= 4 is 11.8 Å². The Morgan fingerprint density at radius 3 is 2.60 bits per heavy atom. The smallest absolute Gasteiger partial charge is 0.0787 e. The van der Waals surface area contributed by atoms with E-state index >= 15 is 0 Å². The van der Waals surface area contributed by atoms with Gasteiger partial charge < -0.3 is 10.4 Å². The van der Waals surface area contributed by atoms with Crippen LogP contribution in [0.1, 0.15) is 44.1 Å². The van der Waals surface area contributed by atoms with E-state index in [4.69, 9.17) is 0 Å². The molecule has 1 heterocycles. The van der Waals surface area contributed by atoms with E-state index in [0.29, 0.717) is 5.92 Å². The highest BCUT2D eigenvalue weighted by molar-refractivity contribution is 7.99. The third-order valence-electron chi connectivity index (χ3n) is 4.18. The van der Waals surface area contributed by atoms with Gasteiger partial charge in [-0.3, -0.25) is 0 Å². The average Bonchev–Trinajstić information content (AvgIpc) is 2.48. The maximum Gasteiger partial charge on any atom is 0.0787 e. The molecule has 0 bridgehead atoms. The molecular formula is C17H27NOS. The Bertz CT molecular complexity index is 376. The summed E-state index contributed by atoms with van der Waals surface area (Å²) in [5.74, 6) is 2.74. The van der Waals surface area contributed by atoms with Gasteiger partial charge >= 0.3 is 0 Å². The molecule has 20 heavy (non-hydrogen) atoms. The van der Waals surface area contributed by atoms with Gasteiger partial charge in [-0.05, 0) is 42.2 Å². The van der Waals surface area contributed by atoms with Crippen molar-refractivity contribution in [2.75, 3.05) is 24.6 Å². The lowest BCUT2D eigenvalue weighted by Gasteiger charge is -2.32. The van der Waals surface area contributed by atoms with Crippen LogP contribution in [0.2, 0.25) is 0 Å². The molecular weight excluding hydrogens is 266 g/mol. The second-order valence-corrected chi connectivity index (χ2v) is 7.09. The van der Waals surface area contributed by atoms with Crippen LogP contribution in [0.5, 0.6) is 0 Å². The summed E-state index contributed by atoms with van der Waals surface area (Å²) in [5.41, 5.74) is 0.937. The summed E-state index contributed by atoms with van der Waals surface area (Å²) in [6.07, 6.45) is 4.25. The fourth-order valence-corrected chi connectivity index (χ4v) is 4.12. The highest BCUT2D eigenvalue weighted by Crippen LogP contribution is 2.26. The van der Waals surface area contributed by atoms with Crippen LogP contribution in [-0.2, 0) is 0 Å². The molecule has 1 unspecified atom stereocenters. The van der Waals surface area contributed by atoms with E-state index < -0.39 is 5.60 Å². The SMILES string of the molecule is CCCC(CNCC1(O)CCSCC1)c1ccccc1. The van der Waals surface area contributed by atoms with Crippen LogP contribution >= 0.6 is 11.8 Å². The second-order valence-electron chi connectivity index (χ2n) is 5.86. The second kappa shape index (κ2) is 8.06. The lowest BCUT2D eigenvalue weighted by Crippen LogP contribution is -2.44. The molecule has 0 amide bonds. The summed E-state index contributed by atoms with van der Waals surface area (Å²) >= 11 is 1.95. The minimum atomic E-state index is -0.474. The van der Waals surface area contributed by atoms with E-state index in [1.54, 1.807) is 0 Å². The van der Waals surface area contributed by atoms with Crippen LogP contribution in [0, 0.1) is 0 Å². The first kappa shape index (κ1) is 15.9. The molecule has 1 aromatic carbocycles. The van der Waals surface area contributed by atoms with Crippen LogP contribution in [0.25, 0.3) is 0 Å². The van der Waals surface area contributed by atoms with Gasteiger partial charge in [-0.2, -0.15) is 11.8 Å². The largest absolute Gasteiger partial charge is 0.389 e. The number of benzene rings is 1. The molecule has 0 radical (unpaired) electrons. The van der Waals surface area contributed by atoms with E-state index in [1.165, 1.54) is 18.4 Å². The number of aliphatic hydroxyl groups is 1. The van der Waals surface area contributed by atoms with Crippen LogP contribution in [0.15, 0.2) is 30.3 Å². The number of hydrogen-bond acceptors (Lipinski definition) is 3. The van der Waals surface area contributed by atoms with Crippen molar-refractivity contribution in [3.63, 3.8) is 0 Å². The molecule has 0 saturated carbocycles. The average molecular weight is 293 g/mol. The van der Waals surface area contributed by atoms with Gasteiger partial charge in [0.25, 0.3) is 0 Å². The Morgan fingerprint density at radius 2 is 1.95 bits per heavy atom. The highest BCUT2D eigenvalue weighted by atomic mass is 32.2. The van der Waals surface area contributed by atoms with Crippen LogP contribution in [0.4, 0.5) is 0 Å². The van der Waals surface area contributed by atoms with Gasteiger partial charge in [0.15, 0.2) is 0 Å². The molecule has 1 aromatic rings. The fraction of sp³-hybridized carbons (Fsp3) is 0.647. The van der Waals surface area contributed by atoms with Gasteiger partial charge in [0.1, 0.15) is 0 Å². The molecule has 0 spiro atoms. The maximum atomic E-state index is 10.5. The van der Waals surface area contributed by atoms with E-state index in [1.807, 2.05) is 11.8 Å². The number of rotatable bonds is 7. The van der Waals surface area contributed by atoms with E-state index in [0.717, 1.165) is 37.4 Å². The summed E-state index contributed by atoms with van der Waals surface area (Å²) in [4.78, 5) is 0. The quantitative estimate of drug-likeness (QED) is 0.808. The highest BCUT2D eigenvalue weighted by Gasteiger charge is 2.29. The fourth-order valence-electron chi connectivity index (χ4n) is 2.87. The Morgan fingerprint density at radius 1 is 1.25 bits per heavy atom. The molecule has 1 aliphatic rings. The molecule has 1 saturated heterocycles. The van der Waals surface area contributed by atoms with Gasteiger partial charge in [-0.25, -0.2) is 0 Å². The minimum Gasteiger partial charge on any atom is -0.389 e. The normalized spacial score (nSPS) is 19.7. The van der Waals surface area contributed by atoms with Crippen molar-refractivity contribution in [3.05, 3.63) is 35.9 Å². The predicted octanol–water partition coefficient (Wildman–Crippen LogP) is 3.42. The van der Waals surface area contributed by atoms with Gasteiger partial charge in [0.2, 0.25) is 0 Å². The molecule has 3 heteroatoms. The first-order chi connectivity index (χ1) is 9.73. The number of nitrogens with one attached hydrogen (secondary N) is 1. The van der Waals surface area contributed by atoms with Gasteiger partial charge in [0, 0.05) is 13.1 Å². The maximum absolute atomic E-state index is 10.5. The van der Waals surface area contributed by atoms with Gasteiger partial charge in [0.05, 0.1) is 5.60 Å². The zero-order chi connectivity index (χ0) is 14.3. The molecule has 0 aliphatic carbocycles. The van der Waals surface area contributed by atoms with Crippen molar-refractivity contribution in [1.29, 1.82) is 0 Å². The van der Waals surface area contributed by atoms with Crippen molar-refractivity contribution < 1.29 is 5.11 Å². The molecule has 2 rings (SSSR count). The van der Waals surface area contributed by atoms with E-state index in [2.05, 4.69) is 42.6 Å². The van der Waals surface area contributed by atoms with E-state index in [-0.39, 0.29) is 0 Å². The third kappa shape index (κ3) is 4.80. The first-order valence-corrected chi connectivity index (χ1v) is 8.95. The topological polar surface area (TPSA) is 32.3 Å². The molecule has 0 aromatic heterocycles. The predicted molar refractivity (Wildman–Crippen MR) is 88.5 cm³/mol. The molecule has 112 valence electrons. The van der Waals surface area contributed by atoms with Gasteiger partial charge in [-0.15, -0.1) is 0 Å². The van der Waals surface area contributed by atoms with Crippen molar-refractivity contribution in [1.82, 2.24) is 5.32 Å². The van der Waals surface area contributed by atoms with Crippen LogP contribution < -0.4 is 5.32 Å². The number of thioether (sulfide) groups is 1. The Hall–Kier alpha value is -0.510. The van der Waals surface area contributed by atoms with Crippen molar-refractivity contribution in [2.45, 2.75) is 44.1 Å². The lowest BCUT2D eigenvalue weighted by molar-refractivity contribution is 0.0321. The van der Waals surface area contributed by atoms with Gasteiger partial charge in [-0.1, -0.05) is 43.7 Å². The Balaban J connectivity index is 1.83. The monoisotopic (exact) mass is 293 g/mol. The number of hydrogen-bond donors (Lipinski definition) is 2. The summed E-state index contributed by atoms with van der Waals surface area (Å²) in [7, 11) is 0. The Kier molecular flexibility index (Phi) is 6.40. The third-order valence-corrected chi connectivity index (χ3v) is 5.16. The molecule has 1 aliphatic heterocycles. The molecule has 2 nitrogen and oxygen atoms in total. The molecule has 1 fully saturated rings. The Labute approximate surface area is 127 Å². The summed E-state index contributed by atoms with van der Waals surface area (Å²) in [6.45, 7) is 3.94.